The highest BCUT2D eigenvalue weighted by molar-refractivity contribution is 5.78. The van der Waals surface area contributed by atoms with E-state index in [-0.39, 0.29) is 5.91 Å². The van der Waals surface area contributed by atoms with E-state index in [2.05, 4.69) is 12.2 Å². The van der Waals surface area contributed by atoms with Gasteiger partial charge in [-0.2, -0.15) is 0 Å². The van der Waals surface area contributed by atoms with Crippen molar-refractivity contribution < 1.29 is 4.79 Å². The van der Waals surface area contributed by atoms with Crippen LogP contribution in [0.25, 0.3) is 0 Å². The highest BCUT2D eigenvalue weighted by atomic mass is 16.2. The van der Waals surface area contributed by atoms with Gasteiger partial charge in [-0.3, -0.25) is 4.79 Å². The Morgan fingerprint density at radius 3 is 2.67 bits per heavy atom. The SMILES string of the molecule is CC.CCCN1CCNCC1=O. The molecule has 0 radical (unpaired) electrons. The van der Waals surface area contributed by atoms with Gasteiger partial charge in [-0.15, -0.1) is 0 Å². The summed E-state index contributed by atoms with van der Waals surface area (Å²) in [6.07, 6.45) is 1.06. The van der Waals surface area contributed by atoms with Gasteiger partial charge in [0.1, 0.15) is 0 Å². The molecule has 1 N–H and O–H groups in total. The second-order valence-corrected chi connectivity index (χ2v) is 2.56. The van der Waals surface area contributed by atoms with Crippen molar-refractivity contribution in [3.8, 4) is 0 Å². The minimum Gasteiger partial charge on any atom is -0.340 e. The topological polar surface area (TPSA) is 32.3 Å². The number of nitrogens with one attached hydrogen (secondary N) is 1. The van der Waals surface area contributed by atoms with Crippen LogP contribution in [-0.4, -0.2) is 37.0 Å². The molecule has 3 nitrogen and oxygen atoms in total. The molecule has 0 aromatic heterocycles. The van der Waals surface area contributed by atoms with Crippen LogP contribution in [0.2, 0.25) is 0 Å². The van der Waals surface area contributed by atoms with E-state index in [1.165, 1.54) is 0 Å². The average molecular weight is 172 g/mol. The summed E-state index contributed by atoms with van der Waals surface area (Å²) in [6.45, 7) is 9.37. The van der Waals surface area contributed by atoms with Crippen molar-refractivity contribution in [3.05, 3.63) is 0 Å². The summed E-state index contributed by atoms with van der Waals surface area (Å²) in [5, 5.41) is 3.03. The number of nitrogens with zero attached hydrogens (tertiary/aromatic N) is 1. The molecule has 1 aliphatic heterocycles. The van der Waals surface area contributed by atoms with Crippen LogP contribution in [-0.2, 0) is 4.79 Å². The predicted molar refractivity (Wildman–Crippen MR) is 51.1 cm³/mol. The van der Waals surface area contributed by atoms with E-state index in [1.807, 2.05) is 18.7 Å². The first-order valence-corrected chi connectivity index (χ1v) is 4.83. The number of hydrogen-bond donors (Lipinski definition) is 1. The fourth-order valence-electron chi connectivity index (χ4n) is 1.15. The largest absolute Gasteiger partial charge is 0.340 e. The molecule has 3 heteroatoms. The van der Waals surface area contributed by atoms with E-state index in [1.54, 1.807) is 0 Å². The Hall–Kier alpha value is -0.570. The normalized spacial score (nSPS) is 16.9. The highest BCUT2D eigenvalue weighted by Crippen LogP contribution is 1.94. The highest BCUT2D eigenvalue weighted by Gasteiger charge is 2.15. The first-order valence-electron chi connectivity index (χ1n) is 4.83. The zero-order chi connectivity index (χ0) is 9.40. The maximum absolute atomic E-state index is 11.0. The van der Waals surface area contributed by atoms with Gasteiger partial charge in [0.25, 0.3) is 0 Å². The van der Waals surface area contributed by atoms with Gasteiger partial charge in [-0.25, -0.2) is 0 Å². The summed E-state index contributed by atoms with van der Waals surface area (Å²) in [7, 11) is 0. The molecular formula is C9H20N2O. The van der Waals surface area contributed by atoms with E-state index in [4.69, 9.17) is 0 Å². The molecule has 0 spiro atoms. The summed E-state index contributed by atoms with van der Waals surface area (Å²) in [6, 6.07) is 0. The van der Waals surface area contributed by atoms with E-state index < -0.39 is 0 Å². The van der Waals surface area contributed by atoms with Gasteiger partial charge in [0, 0.05) is 19.6 Å². The van der Waals surface area contributed by atoms with Gasteiger partial charge < -0.3 is 10.2 Å². The van der Waals surface area contributed by atoms with Crippen LogP contribution in [0.4, 0.5) is 0 Å². The maximum atomic E-state index is 11.0. The Balaban J connectivity index is 0.000000561. The molecule has 0 saturated carbocycles. The Kier molecular flexibility index (Phi) is 6.76. The fraction of sp³-hybridized carbons (Fsp3) is 0.889. The molecule has 1 saturated heterocycles. The van der Waals surface area contributed by atoms with Crippen molar-refractivity contribution in [3.63, 3.8) is 0 Å². The van der Waals surface area contributed by atoms with Crippen molar-refractivity contribution in [1.29, 1.82) is 0 Å². The van der Waals surface area contributed by atoms with E-state index in [0.717, 1.165) is 26.1 Å². The maximum Gasteiger partial charge on any atom is 0.236 e. The van der Waals surface area contributed by atoms with Gasteiger partial charge >= 0.3 is 0 Å². The lowest BCUT2D eigenvalue weighted by Gasteiger charge is -2.26. The molecular weight excluding hydrogens is 152 g/mol. The first-order chi connectivity index (χ1) is 5.84. The number of amides is 1. The monoisotopic (exact) mass is 172 g/mol. The lowest BCUT2D eigenvalue weighted by Crippen LogP contribution is -2.48. The smallest absolute Gasteiger partial charge is 0.236 e. The van der Waals surface area contributed by atoms with Gasteiger partial charge in [0.2, 0.25) is 5.91 Å². The van der Waals surface area contributed by atoms with E-state index in [9.17, 15) is 4.79 Å². The minimum atomic E-state index is 0.244. The quantitative estimate of drug-likeness (QED) is 0.670. The third-order valence-corrected chi connectivity index (χ3v) is 1.68. The van der Waals surface area contributed by atoms with Crippen molar-refractivity contribution in [2.45, 2.75) is 27.2 Å². The predicted octanol–water partition coefficient (Wildman–Crippen LogP) is 0.854. The number of carbonyl (C=O) groups excluding carboxylic acids is 1. The van der Waals surface area contributed by atoms with Crippen molar-refractivity contribution in [2.24, 2.45) is 0 Å². The Bertz CT molecular complexity index is 124. The molecule has 0 atom stereocenters. The lowest BCUT2D eigenvalue weighted by atomic mass is 10.3. The molecule has 0 aromatic carbocycles. The number of piperazine rings is 1. The van der Waals surface area contributed by atoms with Crippen LogP contribution in [0.15, 0.2) is 0 Å². The van der Waals surface area contributed by atoms with Gasteiger partial charge in [-0.05, 0) is 6.42 Å². The Labute approximate surface area is 75.1 Å². The molecule has 1 rings (SSSR count). The van der Waals surface area contributed by atoms with E-state index in [0.29, 0.717) is 6.54 Å². The third-order valence-electron chi connectivity index (χ3n) is 1.68. The van der Waals surface area contributed by atoms with Gasteiger partial charge in [0.15, 0.2) is 0 Å². The second-order valence-electron chi connectivity index (χ2n) is 2.56. The first kappa shape index (κ1) is 11.4. The average Bonchev–Trinajstić information content (AvgIpc) is 2.13. The standard InChI is InChI=1S/C7H14N2O.C2H6/c1-2-4-9-5-3-8-6-7(9)10;1-2/h8H,2-6H2,1H3;1-2H3. The fourth-order valence-corrected chi connectivity index (χ4v) is 1.15. The summed E-state index contributed by atoms with van der Waals surface area (Å²) in [5.41, 5.74) is 0. The molecule has 0 bridgehead atoms. The molecule has 1 amide bonds. The molecule has 1 aliphatic rings. The third kappa shape index (κ3) is 3.72. The second kappa shape index (κ2) is 7.10. The molecule has 1 fully saturated rings. The molecule has 1 heterocycles. The van der Waals surface area contributed by atoms with Crippen molar-refractivity contribution in [2.75, 3.05) is 26.2 Å². The summed E-state index contributed by atoms with van der Waals surface area (Å²) in [4.78, 5) is 13.0. The van der Waals surface area contributed by atoms with Gasteiger partial charge in [0.05, 0.1) is 6.54 Å². The molecule has 12 heavy (non-hydrogen) atoms. The van der Waals surface area contributed by atoms with Gasteiger partial charge in [-0.1, -0.05) is 20.8 Å². The Morgan fingerprint density at radius 2 is 2.17 bits per heavy atom. The molecule has 72 valence electrons. The molecule has 0 aliphatic carbocycles. The summed E-state index contributed by atoms with van der Waals surface area (Å²) in [5.74, 6) is 0.244. The number of rotatable bonds is 2. The van der Waals surface area contributed by atoms with Crippen LogP contribution < -0.4 is 5.32 Å². The van der Waals surface area contributed by atoms with Crippen LogP contribution in [0.3, 0.4) is 0 Å². The van der Waals surface area contributed by atoms with Crippen LogP contribution >= 0.6 is 0 Å². The number of hydrogen-bond acceptors (Lipinski definition) is 2. The zero-order valence-electron chi connectivity index (χ0n) is 8.39. The summed E-state index contributed by atoms with van der Waals surface area (Å²) < 4.78 is 0. The van der Waals surface area contributed by atoms with E-state index >= 15 is 0 Å². The molecule has 0 aromatic rings. The van der Waals surface area contributed by atoms with Crippen molar-refractivity contribution >= 4 is 5.91 Å². The summed E-state index contributed by atoms with van der Waals surface area (Å²) >= 11 is 0. The van der Waals surface area contributed by atoms with Crippen LogP contribution in [0.1, 0.15) is 27.2 Å². The van der Waals surface area contributed by atoms with Crippen molar-refractivity contribution in [1.82, 2.24) is 10.2 Å². The Morgan fingerprint density at radius 1 is 1.50 bits per heavy atom. The van der Waals surface area contributed by atoms with Crippen LogP contribution in [0.5, 0.6) is 0 Å². The molecule has 0 unspecified atom stereocenters. The number of carbonyl (C=O) groups is 1. The lowest BCUT2D eigenvalue weighted by molar-refractivity contribution is -0.131. The zero-order valence-corrected chi connectivity index (χ0v) is 8.39. The minimum absolute atomic E-state index is 0.244. The van der Waals surface area contributed by atoms with Crippen LogP contribution in [0, 0.1) is 0 Å².